The third-order valence-electron chi connectivity index (χ3n) is 2.63. The van der Waals surface area contributed by atoms with Crippen molar-refractivity contribution in [1.82, 2.24) is 4.98 Å². The second kappa shape index (κ2) is 5.22. The normalized spacial score (nSPS) is 10.8. The lowest BCUT2D eigenvalue weighted by Crippen LogP contribution is -1.97. The maximum Gasteiger partial charge on any atom is 0.298 e. The largest absolute Gasteiger partial charge is 0.423 e. The van der Waals surface area contributed by atoms with Crippen LogP contribution in [-0.4, -0.2) is 9.91 Å². The Labute approximate surface area is 125 Å². The number of hydrogen-bond donors (Lipinski definition) is 1. The number of thiophene rings is 1. The van der Waals surface area contributed by atoms with Gasteiger partial charge in [0.2, 0.25) is 0 Å². The van der Waals surface area contributed by atoms with Crippen molar-refractivity contribution in [1.29, 1.82) is 0 Å². The second-order valence-corrected chi connectivity index (χ2v) is 5.90. The Balaban J connectivity index is 1.86. The third kappa shape index (κ3) is 2.52. The molecule has 0 saturated heterocycles. The van der Waals surface area contributed by atoms with Crippen LogP contribution in [0.2, 0.25) is 0 Å². The molecule has 1 N–H and O–H groups in total. The van der Waals surface area contributed by atoms with Crippen molar-refractivity contribution < 1.29 is 9.34 Å². The lowest BCUT2D eigenvalue weighted by atomic mass is 10.3. The van der Waals surface area contributed by atoms with Crippen LogP contribution in [0.25, 0.3) is 11.1 Å². The fourth-order valence-electron chi connectivity index (χ4n) is 1.77. The number of non-ortho nitro benzene ring substituents is 1. The van der Waals surface area contributed by atoms with Gasteiger partial charge < -0.3 is 9.73 Å². The van der Waals surface area contributed by atoms with Crippen molar-refractivity contribution in [3.05, 3.63) is 49.1 Å². The molecular weight excluding hydrogens is 346 g/mol. The molecule has 0 aliphatic rings. The van der Waals surface area contributed by atoms with Gasteiger partial charge in [0.1, 0.15) is 0 Å². The predicted molar refractivity (Wildman–Crippen MR) is 80.0 cm³/mol. The number of para-hydroxylation sites is 1. The van der Waals surface area contributed by atoms with E-state index in [4.69, 9.17) is 4.42 Å². The molecule has 0 saturated carbocycles. The first kappa shape index (κ1) is 13.1. The van der Waals surface area contributed by atoms with Crippen LogP contribution in [0.1, 0.15) is 4.88 Å². The molecule has 20 heavy (non-hydrogen) atoms. The SMILES string of the molecule is O=[N+]([O-])c1cccc2oc(NCc3cc(Br)cs3)nc12. The summed E-state index contributed by atoms with van der Waals surface area (Å²) in [4.78, 5) is 15.7. The Morgan fingerprint density at radius 1 is 1.50 bits per heavy atom. The maximum absolute atomic E-state index is 10.9. The number of nitrogens with one attached hydrogen (secondary N) is 1. The zero-order valence-electron chi connectivity index (χ0n) is 10.00. The van der Waals surface area contributed by atoms with Gasteiger partial charge in [-0.2, -0.15) is 4.98 Å². The smallest absolute Gasteiger partial charge is 0.298 e. The molecule has 8 heteroatoms. The van der Waals surface area contributed by atoms with E-state index in [2.05, 4.69) is 26.2 Å². The minimum absolute atomic E-state index is 0.0573. The highest BCUT2D eigenvalue weighted by Gasteiger charge is 2.17. The fraction of sp³-hybridized carbons (Fsp3) is 0.0833. The molecule has 3 aromatic rings. The number of rotatable bonds is 4. The first-order valence-electron chi connectivity index (χ1n) is 5.64. The van der Waals surface area contributed by atoms with Gasteiger partial charge in [0, 0.05) is 20.8 Å². The Kier molecular flexibility index (Phi) is 3.41. The van der Waals surface area contributed by atoms with Crippen LogP contribution < -0.4 is 5.32 Å². The van der Waals surface area contributed by atoms with Gasteiger partial charge >= 0.3 is 0 Å². The highest BCUT2D eigenvalue weighted by Crippen LogP contribution is 2.28. The van der Waals surface area contributed by atoms with Crippen LogP contribution in [-0.2, 0) is 6.54 Å². The number of halogens is 1. The number of fused-ring (bicyclic) bond motifs is 1. The van der Waals surface area contributed by atoms with Crippen molar-refractivity contribution in [2.45, 2.75) is 6.54 Å². The summed E-state index contributed by atoms with van der Waals surface area (Å²) in [5, 5.41) is 15.9. The van der Waals surface area contributed by atoms with Crippen LogP contribution in [0, 0.1) is 10.1 Å². The van der Waals surface area contributed by atoms with Crippen molar-refractivity contribution >= 4 is 50.1 Å². The van der Waals surface area contributed by atoms with Crippen molar-refractivity contribution in [3.63, 3.8) is 0 Å². The molecule has 0 fully saturated rings. The highest BCUT2D eigenvalue weighted by molar-refractivity contribution is 9.10. The summed E-state index contributed by atoms with van der Waals surface area (Å²) in [6.45, 7) is 0.552. The number of nitro groups is 1. The van der Waals surface area contributed by atoms with E-state index >= 15 is 0 Å². The fourth-order valence-corrected chi connectivity index (χ4v) is 3.16. The van der Waals surface area contributed by atoms with E-state index in [0.29, 0.717) is 12.1 Å². The standard InChI is InChI=1S/C12H8BrN3O3S/c13-7-4-8(20-6-7)5-14-12-15-11-9(16(17)18)2-1-3-10(11)19-12/h1-4,6H,5H2,(H,14,15). The molecular formula is C12H8BrN3O3S. The molecule has 0 spiro atoms. The number of nitrogens with zero attached hydrogens (tertiary/aromatic N) is 2. The number of oxazole rings is 1. The molecule has 1 aromatic carbocycles. The van der Waals surface area contributed by atoms with Crippen molar-refractivity contribution in [2.75, 3.05) is 5.32 Å². The number of anilines is 1. The van der Waals surface area contributed by atoms with E-state index in [1.807, 2.05) is 11.4 Å². The summed E-state index contributed by atoms with van der Waals surface area (Å²) < 4.78 is 6.47. The van der Waals surface area contributed by atoms with Gasteiger partial charge in [0.15, 0.2) is 11.1 Å². The van der Waals surface area contributed by atoms with Gasteiger partial charge in [-0.05, 0) is 28.1 Å². The lowest BCUT2D eigenvalue weighted by Gasteiger charge is -1.97. The predicted octanol–water partition coefficient (Wildman–Crippen LogP) is 4.17. The minimum atomic E-state index is -0.467. The van der Waals surface area contributed by atoms with Crippen LogP contribution >= 0.6 is 27.3 Å². The Bertz CT molecular complexity index is 783. The van der Waals surface area contributed by atoms with Crippen molar-refractivity contribution in [3.8, 4) is 0 Å². The number of hydrogen-bond acceptors (Lipinski definition) is 6. The van der Waals surface area contributed by atoms with E-state index in [1.54, 1.807) is 23.5 Å². The van der Waals surface area contributed by atoms with Gasteiger partial charge in [-0.3, -0.25) is 10.1 Å². The molecule has 0 bridgehead atoms. The van der Waals surface area contributed by atoms with Gasteiger partial charge in [-0.1, -0.05) is 6.07 Å². The topological polar surface area (TPSA) is 81.2 Å². The maximum atomic E-state index is 10.9. The number of nitro benzene ring substituents is 1. The quantitative estimate of drug-likeness (QED) is 0.562. The van der Waals surface area contributed by atoms with E-state index in [9.17, 15) is 10.1 Å². The monoisotopic (exact) mass is 353 g/mol. The molecule has 0 atom stereocenters. The molecule has 2 heterocycles. The minimum Gasteiger partial charge on any atom is -0.423 e. The Morgan fingerprint density at radius 2 is 2.35 bits per heavy atom. The summed E-state index contributed by atoms with van der Waals surface area (Å²) in [5.41, 5.74) is 0.597. The molecule has 6 nitrogen and oxygen atoms in total. The molecule has 3 rings (SSSR count). The first-order chi connectivity index (χ1) is 9.63. The summed E-state index contributed by atoms with van der Waals surface area (Å²) in [7, 11) is 0. The highest BCUT2D eigenvalue weighted by atomic mass is 79.9. The van der Waals surface area contributed by atoms with E-state index < -0.39 is 4.92 Å². The molecule has 0 aliphatic carbocycles. The van der Waals surface area contributed by atoms with Crippen LogP contribution in [0.3, 0.4) is 0 Å². The summed E-state index contributed by atoms with van der Waals surface area (Å²) in [5.74, 6) is 0. The number of aromatic nitrogens is 1. The average molecular weight is 354 g/mol. The van der Waals surface area contributed by atoms with Gasteiger partial charge in [-0.15, -0.1) is 11.3 Å². The Hall–Kier alpha value is -1.93. The zero-order chi connectivity index (χ0) is 14.1. The summed E-state index contributed by atoms with van der Waals surface area (Å²) >= 11 is 4.98. The average Bonchev–Trinajstić information content (AvgIpc) is 3.01. The summed E-state index contributed by atoms with van der Waals surface area (Å²) in [6.07, 6.45) is 0. The van der Waals surface area contributed by atoms with E-state index in [0.717, 1.165) is 9.35 Å². The van der Waals surface area contributed by atoms with E-state index in [-0.39, 0.29) is 17.2 Å². The molecule has 0 unspecified atom stereocenters. The zero-order valence-corrected chi connectivity index (χ0v) is 12.4. The van der Waals surface area contributed by atoms with E-state index in [1.165, 1.54) is 6.07 Å². The second-order valence-electron chi connectivity index (χ2n) is 3.98. The molecule has 2 aromatic heterocycles. The van der Waals surface area contributed by atoms with Crippen LogP contribution in [0.15, 0.2) is 38.5 Å². The Morgan fingerprint density at radius 3 is 3.05 bits per heavy atom. The number of benzene rings is 1. The third-order valence-corrected chi connectivity index (χ3v) is 4.33. The summed E-state index contributed by atoms with van der Waals surface area (Å²) in [6, 6.07) is 6.90. The van der Waals surface area contributed by atoms with Crippen LogP contribution in [0.4, 0.5) is 11.7 Å². The molecule has 0 amide bonds. The molecule has 0 radical (unpaired) electrons. The van der Waals surface area contributed by atoms with Gasteiger partial charge in [0.25, 0.3) is 11.7 Å². The lowest BCUT2D eigenvalue weighted by molar-refractivity contribution is -0.383. The first-order valence-corrected chi connectivity index (χ1v) is 7.31. The molecule has 102 valence electrons. The van der Waals surface area contributed by atoms with Crippen molar-refractivity contribution in [2.24, 2.45) is 0 Å². The van der Waals surface area contributed by atoms with Crippen LogP contribution in [0.5, 0.6) is 0 Å². The molecule has 0 aliphatic heterocycles. The van der Waals surface area contributed by atoms with Gasteiger partial charge in [-0.25, -0.2) is 0 Å². The van der Waals surface area contributed by atoms with Gasteiger partial charge in [0.05, 0.1) is 11.5 Å².